The van der Waals surface area contributed by atoms with Gasteiger partial charge >= 0.3 is 17.9 Å². The number of esters is 3. The maximum absolute atomic E-state index is 13.2. The summed E-state index contributed by atoms with van der Waals surface area (Å²) in [7, 11) is 0. The third kappa shape index (κ3) is 10.4. The van der Waals surface area contributed by atoms with E-state index in [9.17, 15) is 19.5 Å². The van der Waals surface area contributed by atoms with E-state index in [-0.39, 0.29) is 18.5 Å². The number of aliphatic hydroxyl groups is 1. The number of hydrogen-bond donors (Lipinski definition) is 1. The van der Waals surface area contributed by atoms with Gasteiger partial charge in [-0.15, -0.1) is 0 Å². The minimum Gasteiger partial charge on any atom is -0.466 e. The van der Waals surface area contributed by atoms with Crippen molar-refractivity contribution < 1.29 is 29.0 Å². The molecule has 0 heterocycles. The molecule has 1 N–H and O–H groups in total. The zero-order chi connectivity index (χ0) is 28.8. The highest BCUT2D eigenvalue weighted by Gasteiger charge is 2.56. The van der Waals surface area contributed by atoms with Crippen LogP contribution in [0, 0.1) is 36.0 Å². The summed E-state index contributed by atoms with van der Waals surface area (Å²) in [6.07, 6.45) is 17.9. The molecule has 0 aromatic rings. The third-order valence-corrected chi connectivity index (χ3v) is 9.67. The third-order valence-electron chi connectivity index (χ3n) is 9.67. The molecule has 0 aliphatic heterocycles. The van der Waals surface area contributed by atoms with Gasteiger partial charge in [-0.1, -0.05) is 58.8 Å². The average Bonchev–Trinajstić information content (AvgIpc) is 2.91. The van der Waals surface area contributed by atoms with E-state index >= 15 is 0 Å². The second-order valence-corrected chi connectivity index (χ2v) is 13.0. The predicted octanol–water partition coefficient (Wildman–Crippen LogP) is 6.26. The van der Waals surface area contributed by atoms with Crippen LogP contribution in [0.4, 0.5) is 0 Å². The first-order valence-corrected chi connectivity index (χ1v) is 16.4. The number of ether oxygens (including phenoxy) is 2. The monoisotopic (exact) mass is 562 g/mol. The van der Waals surface area contributed by atoms with E-state index < -0.39 is 17.3 Å². The SMILES string of the molecule is [CH2]CC(CCN(CCO)CCCC(=O)OCCCCCCCCCC)C(=O)OC(=O)C12CC3CC(CC(C3)C1)C2. The van der Waals surface area contributed by atoms with Crippen molar-refractivity contribution in [3.8, 4) is 0 Å². The second-order valence-electron chi connectivity index (χ2n) is 13.0. The van der Waals surface area contributed by atoms with Gasteiger partial charge in [-0.3, -0.25) is 14.4 Å². The van der Waals surface area contributed by atoms with Gasteiger partial charge < -0.3 is 19.5 Å². The molecule has 40 heavy (non-hydrogen) atoms. The Morgan fingerprint density at radius 2 is 1.48 bits per heavy atom. The Kier molecular flexibility index (Phi) is 14.4. The molecule has 1 radical (unpaired) electrons. The van der Waals surface area contributed by atoms with Crippen LogP contribution in [-0.4, -0.2) is 60.8 Å². The number of aliphatic hydroxyl groups excluding tert-OH is 1. The molecule has 229 valence electrons. The lowest BCUT2D eigenvalue weighted by molar-refractivity contribution is -0.180. The molecule has 0 amide bonds. The molecule has 7 heteroatoms. The summed E-state index contributed by atoms with van der Waals surface area (Å²) in [4.78, 5) is 40.4. The fourth-order valence-corrected chi connectivity index (χ4v) is 7.78. The lowest BCUT2D eigenvalue weighted by Gasteiger charge is -2.55. The highest BCUT2D eigenvalue weighted by Crippen LogP contribution is 2.60. The molecule has 4 aliphatic rings. The molecule has 0 spiro atoms. The van der Waals surface area contributed by atoms with E-state index in [1.165, 1.54) is 57.8 Å². The van der Waals surface area contributed by atoms with Gasteiger partial charge in [0, 0.05) is 13.0 Å². The summed E-state index contributed by atoms with van der Waals surface area (Å²) in [6.45, 7) is 8.35. The molecule has 0 aromatic carbocycles. The standard InChI is InChI=1S/C33H56NO6/c1-3-5-6-7-8-9-10-11-19-39-30(36)13-12-15-34(17-18-35)16-14-29(4-2)31(37)40-32(38)33-23-26-20-27(24-33)22-28(21-26)25-33/h26-29,35H,2-25H2,1H3. The smallest absolute Gasteiger partial charge is 0.319 e. The maximum atomic E-state index is 13.2. The second kappa shape index (κ2) is 17.5. The molecule has 4 bridgehead atoms. The average molecular weight is 563 g/mol. The molecule has 0 aromatic heterocycles. The summed E-state index contributed by atoms with van der Waals surface area (Å²) < 4.78 is 10.9. The van der Waals surface area contributed by atoms with E-state index in [4.69, 9.17) is 9.47 Å². The highest BCUT2D eigenvalue weighted by atomic mass is 16.6. The molecular weight excluding hydrogens is 506 g/mol. The Balaban J connectivity index is 1.30. The van der Waals surface area contributed by atoms with Crippen LogP contribution >= 0.6 is 0 Å². The molecule has 1 unspecified atom stereocenters. The van der Waals surface area contributed by atoms with Crippen molar-refractivity contribution in [2.45, 2.75) is 122 Å². The minimum absolute atomic E-state index is 0.00683. The van der Waals surface area contributed by atoms with Gasteiger partial charge in [0.15, 0.2) is 0 Å². The zero-order valence-corrected chi connectivity index (χ0v) is 25.2. The first kappa shape index (κ1) is 33.0. The van der Waals surface area contributed by atoms with Crippen molar-refractivity contribution in [1.29, 1.82) is 0 Å². The summed E-state index contributed by atoms with van der Waals surface area (Å²) in [5, 5.41) is 9.51. The zero-order valence-electron chi connectivity index (χ0n) is 25.2. The van der Waals surface area contributed by atoms with Gasteiger partial charge in [0.25, 0.3) is 0 Å². The van der Waals surface area contributed by atoms with Gasteiger partial charge in [0.1, 0.15) is 0 Å². The maximum Gasteiger partial charge on any atom is 0.319 e. The van der Waals surface area contributed by atoms with Crippen LogP contribution < -0.4 is 0 Å². The number of carbonyl (C=O) groups is 3. The van der Waals surface area contributed by atoms with Crippen molar-refractivity contribution in [3.63, 3.8) is 0 Å². The van der Waals surface area contributed by atoms with E-state index in [1.54, 1.807) is 0 Å². The Morgan fingerprint density at radius 1 is 0.875 bits per heavy atom. The summed E-state index contributed by atoms with van der Waals surface area (Å²) in [6, 6.07) is 0. The molecule has 4 fully saturated rings. The van der Waals surface area contributed by atoms with Gasteiger partial charge in [0.2, 0.25) is 0 Å². The van der Waals surface area contributed by atoms with Gasteiger partial charge in [-0.05, 0) is 95.1 Å². The number of unbranched alkanes of at least 4 members (excludes halogenated alkanes) is 7. The summed E-state index contributed by atoms with van der Waals surface area (Å²) in [5.41, 5.74) is -0.443. The van der Waals surface area contributed by atoms with Crippen LogP contribution in [0.1, 0.15) is 122 Å². The molecule has 7 nitrogen and oxygen atoms in total. The normalized spacial score (nSPS) is 25.8. The molecular formula is C33H56NO6. The summed E-state index contributed by atoms with van der Waals surface area (Å²) >= 11 is 0. The lowest BCUT2D eigenvalue weighted by atomic mass is 9.49. The first-order chi connectivity index (χ1) is 19.4. The van der Waals surface area contributed by atoms with Crippen LogP contribution in [0.2, 0.25) is 0 Å². The van der Waals surface area contributed by atoms with E-state index in [2.05, 4.69) is 18.7 Å². The van der Waals surface area contributed by atoms with Crippen LogP contribution in [0.3, 0.4) is 0 Å². The van der Waals surface area contributed by atoms with Gasteiger partial charge in [0.05, 0.1) is 24.5 Å². The number of hydrogen-bond acceptors (Lipinski definition) is 7. The number of rotatable bonds is 21. The Morgan fingerprint density at radius 3 is 2.05 bits per heavy atom. The molecule has 4 rings (SSSR count). The topological polar surface area (TPSA) is 93.1 Å². The highest BCUT2D eigenvalue weighted by molar-refractivity contribution is 5.90. The predicted molar refractivity (Wildman–Crippen MR) is 156 cm³/mol. The molecule has 1 atom stereocenters. The number of nitrogens with zero attached hydrogens (tertiary/aromatic N) is 1. The Bertz CT molecular complexity index is 748. The van der Waals surface area contributed by atoms with Crippen molar-refractivity contribution in [2.75, 3.05) is 32.8 Å². The van der Waals surface area contributed by atoms with Crippen molar-refractivity contribution in [2.24, 2.45) is 29.1 Å². The van der Waals surface area contributed by atoms with Crippen LogP contribution in [-0.2, 0) is 23.9 Å². The summed E-state index contributed by atoms with van der Waals surface area (Å²) in [5.74, 6) is 0.479. The lowest BCUT2D eigenvalue weighted by Crippen LogP contribution is -2.51. The van der Waals surface area contributed by atoms with E-state index in [0.717, 1.165) is 32.1 Å². The largest absolute Gasteiger partial charge is 0.466 e. The molecule has 4 saturated carbocycles. The van der Waals surface area contributed by atoms with Crippen molar-refractivity contribution in [3.05, 3.63) is 6.92 Å². The Hall–Kier alpha value is -1.47. The van der Waals surface area contributed by atoms with E-state index in [1.807, 2.05) is 0 Å². The Labute approximate surface area is 243 Å². The van der Waals surface area contributed by atoms with Crippen LogP contribution in [0.15, 0.2) is 0 Å². The quantitative estimate of drug-likeness (QED) is 0.100. The van der Waals surface area contributed by atoms with Gasteiger partial charge in [-0.2, -0.15) is 0 Å². The van der Waals surface area contributed by atoms with Crippen molar-refractivity contribution >= 4 is 17.9 Å². The van der Waals surface area contributed by atoms with Crippen LogP contribution in [0.5, 0.6) is 0 Å². The van der Waals surface area contributed by atoms with Crippen molar-refractivity contribution in [1.82, 2.24) is 4.90 Å². The number of carbonyl (C=O) groups excluding carboxylic acids is 3. The molecule has 0 saturated heterocycles. The van der Waals surface area contributed by atoms with E-state index in [0.29, 0.717) is 69.7 Å². The fourth-order valence-electron chi connectivity index (χ4n) is 7.78. The van der Waals surface area contributed by atoms with Gasteiger partial charge in [-0.25, -0.2) is 0 Å². The first-order valence-electron chi connectivity index (χ1n) is 16.4. The fraction of sp³-hybridized carbons (Fsp3) is 0.879. The van der Waals surface area contributed by atoms with Crippen LogP contribution in [0.25, 0.3) is 0 Å². The molecule has 4 aliphatic carbocycles. The minimum atomic E-state index is -0.454.